The van der Waals surface area contributed by atoms with Crippen LogP contribution in [0.4, 0.5) is 13.2 Å². The lowest BCUT2D eigenvalue weighted by Gasteiger charge is -2.19. The minimum absolute atomic E-state index is 0.132. The molecule has 130 valence electrons. The molecule has 0 amide bonds. The molecule has 0 saturated carbocycles. The summed E-state index contributed by atoms with van der Waals surface area (Å²) in [7, 11) is -5.72. The summed E-state index contributed by atoms with van der Waals surface area (Å²) in [6, 6.07) is 4.25. The summed E-state index contributed by atoms with van der Waals surface area (Å²) in [5, 5.41) is 0. The van der Waals surface area contributed by atoms with Crippen molar-refractivity contribution in [3.8, 4) is 11.5 Å². The molecule has 0 atom stereocenters. The average Bonchev–Trinajstić information content (AvgIpc) is 2.34. The van der Waals surface area contributed by atoms with E-state index in [-0.39, 0.29) is 5.75 Å². The molecule has 0 aliphatic heterocycles. The van der Waals surface area contributed by atoms with Gasteiger partial charge in [0.15, 0.2) is 6.61 Å². The third-order valence-corrected chi connectivity index (χ3v) is 3.07. The van der Waals surface area contributed by atoms with Gasteiger partial charge in [-0.15, -0.1) is 0 Å². The van der Waals surface area contributed by atoms with E-state index in [2.05, 4.69) is 4.18 Å². The molecular weight excluding hydrogens is 341 g/mol. The van der Waals surface area contributed by atoms with Crippen LogP contribution >= 0.6 is 0 Å². The van der Waals surface area contributed by atoms with Crippen LogP contribution in [0.1, 0.15) is 20.8 Å². The van der Waals surface area contributed by atoms with Crippen molar-refractivity contribution >= 4 is 16.1 Å². The Balaban J connectivity index is 2.63. The fourth-order valence-electron chi connectivity index (χ4n) is 1.28. The highest BCUT2D eigenvalue weighted by Gasteiger charge is 2.48. The maximum Gasteiger partial charge on any atom is 0.534 e. The van der Waals surface area contributed by atoms with E-state index >= 15 is 0 Å². The fourth-order valence-corrected chi connectivity index (χ4v) is 1.74. The Morgan fingerprint density at radius 1 is 1.04 bits per heavy atom. The highest BCUT2D eigenvalue weighted by molar-refractivity contribution is 7.87. The van der Waals surface area contributed by atoms with Gasteiger partial charge in [0, 0.05) is 0 Å². The average molecular weight is 356 g/mol. The zero-order valence-corrected chi connectivity index (χ0v) is 13.3. The lowest BCUT2D eigenvalue weighted by molar-refractivity contribution is -0.157. The van der Waals surface area contributed by atoms with Crippen LogP contribution < -0.4 is 8.92 Å². The van der Waals surface area contributed by atoms with Crippen molar-refractivity contribution in [1.29, 1.82) is 0 Å². The zero-order valence-electron chi connectivity index (χ0n) is 12.5. The number of carbonyl (C=O) groups excluding carboxylic acids is 1. The van der Waals surface area contributed by atoms with Gasteiger partial charge in [0.1, 0.15) is 17.1 Å². The summed E-state index contributed by atoms with van der Waals surface area (Å²) < 4.78 is 72.1. The number of benzene rings is 1. The third-order valence-electron chi connectivity index (χ3n) is 2.09. The molecule has 1 rings (SSSR count). The van der Waals surface area contributed by atoms with Gasteiger partial charge in [0.2, 0.25) is 0 Å². The zero-order chi connectivity index (χ0) is 17.9. The van der Waals surface area contributed by atoms with E-state index in [4.69, 9.17) is 9.47 Å². The lowest BCUT2D eigenvalue weighted by atomic mass is 10.2. The molecule has 1 aromatic rings. The van der Waals surface area contributed by atoms with Gasteiger partial charge in [0.05, 0.1) is 0 Å². The van der Waals surface area contributed by atoms with E-state index in [1.807, 2.05) is 0 Å². The minimum atomic E-state index is -5.72. The molecule has 0 radical (unpaired) electrons. The van der Waals surface area contributed by atoms with Crippen molar-refractivity contribution in [3.63, 3.8) is 0 Å². The molecule has 0 saturated heterocycles. The smallest absolute Gasteiger partial charge is 0.482 e. The van der Waals surface area contributed by atoms with Crippen molar-refractivity contribution < 1.29 is 40.0 Å². The van der Waals surface area contributed by atoms with Gasteiger partial charge in [-0.3, -0.25) is 0 Å². The van der Waals surface area contributed by atoms with Crippen molar-refractivity contribution in [3.05, 3.63) is 24.3 Å². The molecule has 6 nitrogen and oxygen atoms in total. The molecule has 0 unspecified atom stereocenters. The second-order valence-corrected chi connectivity index (χ2v) is 6.87. The number of hydrogen-bond acceptors (Lipinski definition) is 6. The Bertz CT molecular complexity index is 644. The second-order valence-electron chi connectivity index (χ2n) is 5.33. The van der Waals surface area contributed by atoms with Crippen LogP contribution in [0.3, 0.4) is 0 Å². The Hall–Kier alpha value is -1.97. The van der Waals surface area contributed by atoms with Gasteiger partial charge >= 0.3 is 21.6 Å². The highest BCUT2D eigenvalue weighted by Crippen LogP contribution is 2.27. The van der Waals surface area contributed by atoms with E-state index in [0.29, 0.717) is 0 Å². The van der Waals surface area contributed by atoms with Gasteiger partial charge in [-0.2, -0.15) is 21.6 Å². The number of esters is 1. The highest BCUT2D eigenvalue weighted by atomic mass is 32.2. The molecule has 23 heavy (non-hydrogen) atoms. The first-order chi connectivity index (χ1) is 10.3. The maximum atomic E-state index is 12.2. The molecule has 10 heteroatoms. The third kappa shape index (κ3) is 6.35. The number of halogens is 3. The fraction of sp³-hybridized carbons (Fsp3) is 0.462. The summed E-state index contributed by atoms with van der Waals surface area (Å²) in [5.41, 5.74) is -6.19. The molecule has 0 bridgehead atoms. The Labute approximate surface area is 131 Å². The first-order valence-electron chi connectivity index (χ1n) is 6.26. The monoisotopic (exact) mass is 356 g/mol. The van der Waals surface area contributed by atoms with Crippen LogP contribution in [-0.4, -0.2) is 32.1 Å². The van der Waals surface area contributed by atoms with Gasteiger partial charge in [0.25, 0.3) is 0 Å². The summed E-state index contributed by atoms with van der Waals surface area (Å²) in [5.74, 6) is -1.03. The van der Waals surface area contributed by atoms with E-state index in [0.717, 1.165) is 24.3 Å². The molecule has 0 aromatic heterocycles. The number of hydrogen-bond donors (Lipinski definition) is 0. The van der Waals surface area contributed by atoms with Crippen molar-refractivity contribution in [2.45, 2.75) is 31.9 Å². The SMILES string of the molecule is CC(C)(C)OC(=O)COc1ccc(OS(=O)(=O)C(F)(F)F)cc1. The van der Waals surface area contributed by atoms with Crippen molar-refractivity contribution in [2.75, 3.05) is 6.61 Å². The largest absolute Gasteiger partial charge is 0.534 e. The van der Waals surface area contributed by atoms with Crippen LogP contribution in [0.2, 0.25) is 0 Å². The maximum absolute atomic E-state index is 12.2. The number of alkyl halides is 3. The van der Waals surface area contributed by atoms with E-state index in [1.165, 1.54) is 0 Å². The first kappa shape index (κ1) is 19.1. The van der Waals surface area contributed by atoms with Gasteiger partial charge in [-0.05, 0) is 45.0 Å². The standard InChI is InChI=1S/C13H15F3O6S/c1-12(2,3)21-11(17)8-20-9-4-6-10(7-5-9)22-23(18,19)13(14,15)16/h4-7H,8H2,1-3H3. The van der Waals surface area contributed by atoms with Crippen LogP contribution in [0.25, 0.3) is 0 Å². The van der Waals surface area contributed by atoms with Gasteiger partial charge in [-0.1, -0.05) is 0 Å². The van der Waals surface area contributed by atoms with Crippen LogP contribution in [0, 0.1) is 0 Å². The van der Waals surface area contributed by atoms with Gasteiger partial charge in [-0.25, -0.2) is 4.79 Å². The predicted octanol–water partition coefficient (Wildman–Crippen LogP) is 2.64. The predicted molar refractivity (Wildman–Crippen MR) is 73.4 cm³/mol. The number of carbonyl (C=O) groups is 1. The van der Waals surface area contributed by atoms with Crippen molar-refractivity contribution in [2.24, 2.45) is 0 Å². The molecule has 0 heterocycles. The summed E-state index contributed by atoms with van der Waals surface area (Å²) in [4.78, 5) is 11.4. The number of ether oxygens (including phenoxy) is 2. The summed E-state index contributed by atoms with van der Waals surface area (Å²) in [6.07, 6.45) is 0. The van der Waals surface area contributed by atoms with Gasteiger partial charge < -0.3 is 13.7 Å². The molecule has 0 fully saturated rings. The molecule has 0 spiro atoms. The quantitative estimate of drug-likeness (QED) is 0.458. The molecule has 0 aliphatic carbocycles. The van der Waals surface area contributed by atoms with Crippen LogP contribution in [0.5, 0.6) is 11.5 Å². The molecule has 0 N–H and O–H groups in total. The Kier molecular flexibility index (Phi) is 5.51. The molecule has 0 aliphatic rings. The summed E-state index contributed by atoms with van der Waals surface area (Å²) >= 11 is 0. The lowest BCUT2D eigenvalue weighted by Crippen LogP contribution is -2.28. The normalized spacial score (nSPS) is 12.6. The minimum Gasteiger partial charge on any atom is -0.482 e. The molecular formula is C13H15F3O6S. The van der Waals surface area contributed by atoms with Crippen LogP contribution in [0.15, 0.2) is 24.3 Å². The van der Waals surface area contributed by atoms with Crippen LogP contribution in [-0.2, 0) is 19.6 Å². The van der Waals surface area contributed by atoms with E-state index < -0.39 is 39.6 Å². The number of rotatable bonds is 5. The Morgan fingerprint density at radius 3 is 1.96 bits per heavy atom. The van der Waals surface area contributed by atoms with Crippen molar-refractivity contribution in [1.82, 2.24) is 0 Å². The second kappa shape index (κ2) is 6.65. The Morgan fingerprint density at radius 2 is 1.52 bits per heavy atom. The topological polar surface area (TPSA) is 78.9 Å². The first-order valence-corrected chi connectivity index (χ1v) is 7.66. The summed E-state index contributed by atoms with van der Waals surface area (Å²) in [6.45, 7) is 4.63. The van der Waals surface area contributed by atoms with E-state index in [9.17, 15) is 26.4 Å². The molecule has 1 aromatic carbocycles. The van der Waals surface area contributed by atoms with E-state index in [1.54, 1.807) is 20.8 Å².